The molecule has 0 atom stereocenters. The predicted molar refractivity (Wildman–Crippen MR) is 202 cm³/mol. The lowest BCUT2D eigenvalue weighted by Crippen LogP contribution is -2.34. The van der Waals surface area contributed by atoms with E-state index in [1.807, 2.05) is 0 Å². The zero-order chi connectivity index (χ0) is 32.4. The zero-order valence-electron chi connectivity index (χ0n) is 26.8. The van der Waals surface area contributed by atoms with Crippen LogP contribution in [0.2, 0.25) is 0 Å². The maximum Gasteiger partial charge on any atom is 0.132 e. The van der Waals surface area contributed by atoms with E-state index in [9.17, 15) is 0 Å². The van der Waals surface area contributed by atoms with Gasteiger partial charge in [0, 0.05) is 27.6 Å². The first-order chi connectivity index (χ1) is 24.3. The molecular formula is C47H31NO. The standard InChI is InChI=1S/C47H31NO/c1-3-16-35(17-4-1)47(36-18-5-2-6-19-36)40-23-10-12-25-44(40)49-45-29-27-34(31-41(45)47)33-15-13-20-37(30-33)48-42-24-11-9-22-39(42)46-38-21-8-7-14-32(38)26-28-43(46)48/h1-31H. The van der Waals surface area contributed by atoms with Crippen molar-refractivity contribution in [2.75, 3.05) is 0 Å². The van der Waals surface area contributed by atoms with Crippen LogP contribution in [0.5, 0.6) is 11.5 Å². The average Bonchev–Trinajstić information content (AvgIpc) is 3.52. The predicted octanol–water partition coefficient (Wildman–Crippen LogP) is 12.1. The van der Waals surface area contributed by atoms with Crippen molar-refractivity contribution in [1.82, 2.24) is 4.57 Å². The highest BCUT2D eigenvalue weighted by atomic mass is 16.5. The minimum absolute atomic E-state index is 0.561. The van der Waals surface area contributed by atoms with Crippen molar-refractivity contribution in [3.8, 4) is 28.3 Å². The van der Waals surface area contributed by atoms with Gasteiger partial charge in [-0.15, -0.1) is 0 Å². The maximum atomic E-state index is 6.68. The van der Waals surface area contributed by atoms with Gasteiger partial charge in [0.15, 0.2) is 0 Å². The van der Waals surface area contributed by atoms with E-state index < -0.39 is 5.41 Å². The number of aromatic nitrogens is 1. The van der Waals surface area contributed by atoms with Crippen LogP contribution < -0.4 is 4.74 Å². The Bertz CT molecular complexity index is 2650. The molecule has 49 heavy (non-hydrogen) atoms. The molecule has 0 N–H and O–H groups in total. The van der Waals surface area contributed by atoms with E-state index in [-0.39, 0.29) is 0 Å². The minimum atomic E-state index is -0.561. The van der Waals surface area contributed by atoms with Gasteiger partial charge in [-0.3, -0.25) is 0 Å². The summed E-state index contributed by atoms with van der Waals surface area (Å²) >= 11 is 0. The quantitative estimate of drug-likeness (QED) is 0.190. The number of rotatable bonds is 4. The van der Waals surface area contributed by atoms with Crippen LogP contribution in [-0.4, -0.2) is 4.57 Å². The van der Waals surface area contributed by atoms with Crippen LogP contribution in [0.1, 0.15) is 22.3 Å². The first kappa shape index (κ1) is 27.7. The monoisotopic (exact) mass is 625 g/mol. The summed E-state index contributed by atoms with van der Waals surface area (Å²) in [6, 6.07) is 67.8. The third kappa shape index (κ3) is 4.07. The molecule has 0 saturated heterocycles. The molecule has 8 aromatic carbocycles. The second-order valence-electron chi connectivity index (χ2n) is 12.9. The molecule has 0 unspecified atom stereocenters. The van der Waals surface area contributed by atoms with Crippen molar-refractivity contribution in [2.24, 2.45) is 0 Å². The lowest BCUT2D eigenvalue weighted by Gasteiger charge is -2.41. The normalized spacial score (nSPS) is 13.2. The van der Waals surface area contributed by atoms with E-state index >= 15 is 0 Å². The second-order valence-corrected chi connectivity index (χ2v) is 12.9. The van der Waals surface area contributed by atoms with Crippen LogP contribution in [0, 0.1) is 0 Å². The smallest absolute Gasteiger partial charge is 0.132 e. The Morgan fingerprint density at radius 3 is 1.88 bits per heavy atom. The van der Waals surface area contributed by atoms with Gasteiger partial charge in [-0.25, -0.2) is 0 Å². The molecule has 2 heteroatoms. The average molecular weight is 626 g/mol. The van der Waals surface area contributed by atoms with Crippen LogP contribution in [0.15, 0.2) is 188 Å². The van der Waals surface area contributed by atoms with Crippen molar-refractivity contribution in [3.63, 3.8) is 0 Å². The molecule has 0 fully saturated rings. The Balaban J connectivity index is 1.21. The lowest BCUT2D eigenvalue weighted by atomic mass is 9.63. The van der Waals surface area contributed by atoms with Crippen LogP contribution in [0.4, 0.5) is 0 Å². The molecule has 2 nitrogen and oxygen atoms in total. The molecule has 1 aliphatic rings. The molecule has 0 aliphatic carbocycles. The van der Waals surface area contributed by atoms with E-state index in [1.54, 1.807) is 0 Å². The third-order valence-electron chi connectivity index (χ3n) is 10.3. The van der Waals surface area contributed by atoms with Crippen molar-refractivity contribution < 1.29 is 4.74 Å². The van der Waals surface area contributed by atoms with Gasteiger partial charge in [0.25, 0.3) is 0 Å². The molecule has 10 rings (SSSR count). The highest BCUT2D eigenvalue weighted by Gasteiger charge is 2.45. The maximum absolute atomic E-state index is 6.68. The van der Waals surface area contributed by atoms with Crippen molar-refractivity contribution in [3.05, 3.63) is 210 Å². The third-order valence-corrected chi connectivity index (χ3v) is 10.3. The summed E-state index contributed by atoms with van der Waals surface area (Å²) in [6.45, 7) is 0. The first-order valence-corrected chi connectivity index (χ1v) is 16.9. The fourth-order valence-corrected chi connectivity index (χ4v) is 8.23. The van der Waals surface area contributed by atoms with E-state index in [4.69, 9.17) is 4.74 Å². The Morgan fingerprint density at radius 2 is 1.06 bits per heavy atom. The van der Waals surface area contributed by atoms with Gasteiger partial charge in [-0.1, -0.05) is 146 Å². The largest absolute Gasteiger partial charge is 0.457 e. The van der Waals surface area contributed by atoms with E-state index in [1.165, 1.54) is 43.7 Å². The summed E-state index contributed by atoms with van der Waals surface area (Å²) in [5.74, 6) is 1.76. The van der Waals surface area contributed by atoms with Crippen LogP contribution >= 0.6 is 0 Å². The molecule has 0 bridgehead atoms. The lowest BCUT2D eigenvalue weighted by molar-refractivity contribution is 0.434. The molecule has 1 aliphatic heterocycles. The van der Waals surface area contributed by atoms with E-state index in [2.05, 4.69) is 193 Å². The molecule has 0 saturated carbocycles. The SMILES string of the molecule is c1ccc(C2(c3ccccc3)c3ccccc3Oc3ccc(-c4cccc(-n5c6ccccc6c6c7ccccc7ccc65)c4)cc32)cc1. The summed E-state index contributed by atoms with van der Waals surface area (Å²) in [7, 11) is 0. The van der Waals surface area contributed by atoms with Crippen LogP contribution in [-0.2, 0) is 5.41 Å². The van der Waals surface area contributed by atoms with Crippen molar-refractivity contribution >= 4 is 32.6 Å². The van der Waals surface area contributed by atoms with Crippen LogP contribution in [0.25, 0.3) is 49.4 Å². The Kier molecular flexibility index (Phi) is 6.13. The molecule has 0 amide bonds. The Morgan fingerprint density at radius 1 is 0.408 bits per heavy atom. The van der Waals surface area contributed by atoms with Gasteiger partial charge >= 0.3 is 0 Å². The summed E-state index contributed by atoms with van der Waals surface area (Å²) in [6.07, 6.45) is 0. The minimum Gasteiger partial charge on any atom is -0.457 e. The van der Waals surface area contributed by atoms with Gasteiger partial charge in [-0.05, 0) is 75.5 Å². The second kappa shape index (κ2) is 10.8. The van der Waals surface area contributed by atoms with Gasteiger partial charge in [0.2, 0.25) is 0 Å². The molecule has 230 valence electrons. The number of hydrogen-bond donors (Lipinski definition) is 0. The van der Waals surface area contributed by atoms with Crippen LogP contribution in [0.3, 0.4) is 0 Å². The molecule has 2 heterocycles. The van der Waals surface area contributed by atoms with Gasteiger partial charge in [-0.2, -0.15) is 0 Å². The van der Waals surface area contributed by atoms with Gasteiger partial charge in [0.05, 0.1) is 16.4 Å². The number of nitrogens with zero attached hydrogens (tertiary/aromatic N) is 1. The van der Waals surface area contributed by atoms with Gasteiger partial charge < -0.3 is 9.30 Å². The fourth-order valence-electron chi connectivity index (χ4n) is 8.23. The van der Waals surface area contributed by atoms with Crippen molar-refractivity contribution in [2.45, 2.75) is 5.41 Å². The first-order valence-electron chi connectivity index (χ1n) is 16.9. The van der Waals surface area contributed by atoms with E-state index in [0.717, 1.165) is 39.4 Å². The summed E-state index contributed by atoms with van der Waals surface area (Å²) in [4.78, 5) is 0. The summed E-state index contributed by atoms with van der Waals surface area (Å²) in [5, 5.41) is 5.09. The summed E-state index contributed by atoms with van der Waals surface area (Å²) in [5.41, 5.74) is 9.98. The topological polar surface area (TPSA) is 14.2 Å². The molecule has 0 radical (unpaired) electrons. The number of fused-ring (bicyclic) bond motifs is 7. The molecular weight excluding hydrogens is 595 g/mol. The summed E-state index contributed by atoms with van der Waals surface area (Å²) < 4.78 is 9.09. The molecule has 9 aromatic rings. The highest BCUT2D eigenvalue weighted by molar-refractivity contribution is 6.21. The zero-order valence-corrected chi connectivity index (χ0v) is 26.8. The Hall–Kier alpha value is -6.38. The Labute approximate surface area is 285 Å². The molecule has 1 aromatic heterocycles. The number of benzene rings is 8. The number of para-hydroxylation sites is 2. The van der Waals surface area contributed by atoms with Crippen molar-refractivity contribution in [1.29, 1.82) is 0 Å². The van der Waals surface area contributed by atoms with E-state index in [0.29, 0.717) is 0 Å². The number of ether oxygens (including phenoxy) is 1. The molecule has 0 spiro atoms. The van der Waals surface area contributed by atoms with Gasteiger partial charge in [0.1, 0.15) is 11.5 Å². The number of hydrogen-bond acceptors (Lipinski definition) is 1. The fraction of sp³-hybridized carbons (Fsp3) is 0.0213. The highest BCUT2D eigenvalue weighted by Crippen LogP contribution is 2.55.